The number of amides is 2. The first-order valence-corrected chi connectivity index (χ1v) is 8.63. The summed E-state index contributed by atoms with van der Waals surface area (Å²) >= 11 is 0. The van der Waals surface area contributed by atoms with E-state index in [1.807, 2.05) is 0 Å². The van der Waals surface area contributed by atoms with Crippen LogP contribution in [0.5, 0.6) is 5.75 Å². The van der Waals surface area contributed by atoms with Crippen molar-refractivity contribution in [2.24, 2.45) is 0 Å². The van der Waals surface area contributed by atoms with Crippen LogP contribution < -0.4 is 15.4 Å². The fraction of sp³-hybridized carbons (Fsp3) is 0.300. The summed E-state index contributed by atoms with van der Waals surface area (Å²) in [7, 11) is 1.58. The van der Waals surface area contributed by atoms with E-state index >= 15 is 0 Å². The third-order valence-corrected chi connectivity index (χ3v) is 4.21. The number of hydrogen-bond acceptors (Lipinski definition) is 4. The predicted molar refractivity (Wildman–Crippen MR) is 98.7 cm³/mol. The molecule has 3 rings (SSSR count). The maximum absolute atomic E-state index is 12.3. The van der Waals surface area contributed by atoms with Gasteiger partial charge in [0.15, 0.2) is 0 Å². The van der Waals surface area contributed by atoms with Gasteiger partial charge in [-0.25, -0.2) is 0 Å². The molecule has 1 aliphatic heterocycles. The second-order valence-electron chi connectivity index (χ2n) is 6.08. The number of hydrogen-bond donors (Lipinski definition) is 2. The highest BCUT2D eigenvalue weighted by Gasteiger charge is 2.16. The van der Waals surface area contributed by atoms with Gasteiger partial charge in [-0.1, -0.05) is 0 Å². The van der Waals surface area contributed by atoms with Crippen LogP contribution in [0.15, 0.2) is 48.5 Å². The van der Waals surface area contributed by atoms with Gasteiger partial charge in [-0.2, -0.15) is 0 Å². The van der Waals surface area contributed by atoms with Crippen LogP contribution in [0.4, 0.5) is 5.69 Å². The fourth-order valence-corrected chi connectivity index (χ4v) is 2.72. The van der Waals surface area contributed by atoms with Crippen molar-refractivity contribution in [2.75, 3.05) is 25.6 Å². The van der Waals surface area contributed by atoms with Gasteiger partial charge in [-0.3, -0.25) is 9.59 Å². The highest BCUT2D eigenvalue weighted by molar-refractivity contribution is 6.04. The van der Waals surface area contributed by atoms with E-state index < -0.39 is 0 Å². The highest BCUT2D eigenvalue weighted by Crippen LogP contribution is 2.17. The van der Waals surface area contributed by atoms with E-state index in [9.17, 15) is 9.59 Å². The maximum Gasteiger partial charge on any atom is 0.255 e. The molecule has 0 aromatic heterocycles. The molecule has 6 nitrogen and oxygen atoms in total. The van der Waals surface area contributed by atoms with E-state index in [0.29, 0.717) is 29.2 Å². The van der Waals surface area contributed by atoms with Crippen LogP contribution in [0.25, 0.3) is 0 Å². The molecule has 0 aliphatic carbocycles. The number of anilines is 1. The number of ether oxygens (including phenoxy) is 2. The van der Waals surface area contributed by atoms with Crippen molar-refractivity contribution < 1.29 is 19.1 Å². The van der Waals surface area contributed by atoms with Crippen molar-refractivity contribution >= 4 is 17.5 Å². The first-order chi connectivity index (χ1) is 12.7. The molecule has 6 heteroatoms. The molecule has 1 heterocycles. The van der Waals surface area contributed by atoms with Gasteiger partial charge in [0.1, 0.15) is 12.4 Å². The molecule has 0 saturated carbocycles. The molecule has 2 amide bonds. The molecule has 26 heavy (non-hydrogen) atoms. The molecule has 2 N–H and O–H groups in total. The van der Waals surface area contributed by atoms with Crippen molar-refractivity contribution in [3.05, 3.63) is 59.7 Å². The Balaban J connectivity index is 1.54. The summed E-state index contributed by atoms with van der Waals surface area (Å²) < 4.78 is 11.2. The lowest BCUT2D eigenvalue weighted by Crippen LogP contribution is -2.18. The first-order valence-electron chi connectivity index (χ1n) is 8.63. The second kappa shape index (κ2) is 8.49. The molecule has 1 atom stereocenters. The number of nitrogens with one attached hydrogen (secondary N) is 2. The minimum Gasteiger partial charge on any atom is -0.491 e. The molecule has 0 unspecified atom stereocenters. The standard InChI is InChI=1S/C20H22N2O4/c1-21-19(23)14-4-8-16(9-5-14)22-20(24)15-6-10-17(11-7-15)26-13-18-3-2-12-25-18/h4-11,18H,2-3,12-13H2,1H3,(H,21,23)(H,22,24)/t18-/m0/s1. The van der Waals surface area contributed by atoms with E-state index in [1.54, 1.807) is 55.6 Å². The Bertz CT molecular complexity index is 750. The lowest BCUT2D eigenvalue weighted by Gasteiger charge is -2.12. The molecule has 0 spiro atoms. The topological polar surface area (TPSA) is 76.7 Å². The van der Waals surface area contributed by atoms with Gasteiger partial charge in [0.2, 0.25) is 0 Å². The molecular formula is C20H22N2O4. The average Bonchev–Trinajstić information content (AvgIpc) is 3.20. The first kappa shape index (κ1) is 17.9. The summed E-state index contributed by atoms with van der Waals surface area (Å²) in [4.78, 5) is 23.8. The minimum atomic E-state index is -0.219. The average molecular weight is 354 g/mol. The van der Waals surface area contributed by atoms with Gasteiger partial charge in [0.25, 0.3) is 11.8 Å². The van der Waals surface area contributed by atoms with Crippen LogP contribution in [0.2, 0.25) is 0 Å². The van der Waals surface area contributed by atoms with Crippen molar-refractivity contribution in [3.63, 3.8) is 0 Å². The Morgan fingerprint density at radius 3 is 2.31 bits per heavy atom. The zero-order valence-electron chi connectivity index (χ0n) is 14.7. The normalized spacial score (nSPS) is 16.1. The number of benzene rings is 2. The van der Waals surface area contributed by atoms with Gasteiger partial charge in [-0.05, 0) is 61.4 Å². The largest absolute Gasteiger partial charge is 0.491 e. The Labute approximate surface area is 152 Å². The third kappa shape index (κ3) is 4.61. The zero-order valence-corrected chi connectivity index (χ0v) is 14.7. The van der Waals surface area contributed by atoms with Crippen LogP contribution in [0, 0.1) is 0 Å². The molecule has 1 aliphatic rings. The van der Waals surface area contributed by atoms with E-state index in [0.717, 1.165) is 19.4 Å². The quantitative estimate of drug-likeness (QED) is 0.836. The molecule has 2 aromatic carbocycles. The van der Waals surface area contributed by atoms with E-state index in [2.05, 4.69) is 10.6 Å². The lowest BCUT2D eigenvalue weighted by atomic mass is 10.1. The Hall–Kier alpha value is -2.86. The molecule has 1 fully saturated rings. The SMILES string of the molecule is CNC(=O)c1ccc(NC(=O)c2ccc(OC[C@@H]3CCCO3)cc2)cc1. The molecule has 0 radical (unpaired) electrons. The molecular weight excluding hydrogens is 332 g/mol. The third-order valence-electron chi connectivity index (χ3n) is 4.21. The van der Waals surface area contributed by atoms with Crippen LogP contribution in [0.1, 0.15) is 33.6 Å². The summed E-state index contributed by atoms with van der Waals surface area (Å²) in [5.74, 6) is 0.330. The summed E-state index contributed by atoms with van der Waals surface area (Å²) in [6.07, 6.45) is 2.27. The molecule has 0 bridgehead atoms. The summed E-state index contributed by atoms with van der Waals surface area (Å²) in [6, 6.07) is 13.7. The highest BCUT2D eigenvalue weighted by atomic mass is 16.5. The van der Waals surface area contributed by atoms with Gasteiger partial charge < -0.3 is 20.1 Å². The van der Waals surface area contributed by atoms with Crippen molar-refractivity contribution in [1.29, 1.82) is 0 Å². The summed E-state index contributed by atoms with van der Waals surface area (Å²) in [5.41, 5.74) is 1.70. The zero-order chi connectivity index (χ0) is 18.4. The van der Waals surface area contributed by atoms with Crippen LogP contribution >= 0.6 is 0 Å². The van der Waals surface area contributed by atoms with E-state index in [1.165, 1.54) is 0 Å². The monoisotopic (exact) mass is 354 g/mol. The Kier molecular flexibility index (Phi) is 5.86. The summed E-state index contributed by atoms with van der Waals surface area (Å²) in [5, 5.41) is 5.36. The second-order valence-corrected chi connectivity index (χ2v) is 6.08. The lowest BCUT2D eigenvalue weighted by molar-refractivity contribution is 0.0679. The van der Waals surface area contributed by atoms with Crippen molar-refractivity contribution in [1.82, 2.24) is 5.32 Å². The minimum absolute atomic E-state index is 0.163. The maximum atomic E-state index is 12.3. The number of carbonyl (C=O) groups excluding carboxylic acids is 2. The van der Waals surface area contributed by atoms with Crippen LogP contribution in [-0.2, 0) is 4.74 Å². The van der Waals surface area contributed by atoms with Gasteiger partial charge in [-0.15, -0.1) is 0 Å². The van der Waals surface area contributed by atoms with Crippen molar-refractivity contribution in [3.8, 4) is 5.75 Å². The van der Waals surface area contributed by atoms with Crippen molar-refractivity contribution in [2.45, 2.75) is 18.9 Å². The van der Waals surface area contributed by atoms with Gasteiger partial charge in [0, 0.05) is 30.5 Å². The van der Waals surface area contributed by atoms with E-state index in [-0.39, 0.29) is 17.9 Å². The predicted octanol–water partition coefficient (Wildman–Crippen LogP) is 2.86. The number of carbonyl (C=O) groups is 2. The smallest absolute Gasteiger partial charge is 0.255 e. The molecule has 1 saturated heterocycles. The Morgan fingerprint density at radius 2 is 1.69 bits per heavy atom. The number of rotatable bonds is 6. The van der Waals surface area contributed by atoms with E-state index in [4.69, 9.17) is 9.47 Å². The van der Waals surface area contributed by atoms with Gasteiger partial charge >= 0.3 is 0 Å². The van der Waals surface area contributed by atoms with Crippen LogP contribution in [0.3, 0.4) is 0 Å². The van der Waals surface area contributed by atoms with Gasteiger partial charge in [0.05, 0.1) is 6.10 Å². The van der Waals surface area contributed by atoms with Crippen LogP contribution in [-0.4, -0.2) is 38.2 Å². The molecule has 2 aromatic rings. The molecule has 136 valence electrons. The Morgan fingerprint density at radius 1 is 1.04 bits per heavy atom. The summed E-state index contributed by atoms with van der Waals surface area (Å²) in [6.45, 7) is 1.33. The fourth-order valence-electron chi connectivity index (χ4n) is 2.72.